The molecule has 0 spiro atoms. The Labute approximate surface area is 155 Å². The molecule has 1 aromatic carbocycles. The molecule has 1 atom stereocenters. The predicted octanol–water partition coefficient (Wildman–Crippen LogP) is 5.05. The van der Waals surface area contributed by atoms with Gasteiger partial charge in [-0.1, -0.05) is 12.1 Å². The molecule has 0 radical (unpaired) electrons. The van der Waals surface area contributed by atoms with Gasteiger partial charge >= 0.3 is 29.6 Å². The summed E-state index contributed by atoms with van der Waals surface area (Å²) < 4.78 is 151. The van der Waals surface area contributed by atoms with Gasteiger partial charge in [-0.05, 0) is 24.6 Å². The minimum absolute atomic E-state index is 0.106. The van der Waals surface area contributed by atoms with E-state index in [9.17, 15) is 53.4 Å². The molecule has 1 N–H and O–H groups in total. The second-order valence-corrected chi connectivity index (χ2v) is 6.81. The molecule has 0 amide bonds. The maximum atomic E-state index is 14.8. The first-order chi connectivity index (χ1) is 12.7. The molecule has 1 fully saturated rings. The minimum Gasteiger partial charge on any atom is -0.385 e. The van der Waals surface area contributed by atoms with E-state index in [1.165, 1.54) is 0 Å². The Morgan fingerprint density at radius 3 is 1.45 bits per heavy atom. The Hall–Kier alpha value is -2.10. The van der Waals surface area contributed by atoms with Crippen LogP contribution in [-0.2, 0) is 5.60 Å². The Balaban J connectivity index is 2.68. The molecule has 0 heterocycles. The van der Waals surface area contributed by atoms with Gasteiger partial charge in [0, 0.05) is 6.42 Å². The summed E-state index contributed by atoms with van der Waals surface area (Å²) in [7, 11) is 0. The lowest BCUT2D eigenvalue weighted by atomic mass is 9.67. The number of benzene rings is 1. The Bertz CT molecular complexity index is 809. The van der Waals surface area contributed by atoms with Crippen LogP contribution in [-0.4, -0.2) is 40.4 Å². The average Bonchev–Trinajstić information content (AvgIpc) is 2.59. The Morgan fingerprint density at radius 1 is 0.759 bits per heavy atom. The summed E-state index contributed by atoms with van der Waals surface area (Å²) in [6.45, 7) is 0.352. The first kappa shape index (κ1) is 23.2. The maximum absolute atomic E-state index is 14.8. The lowest BCUT2D eigenvalue weighted by molar-refractivity contribution is -0.488. The van der Waals surface area contributed by atoms with Crippen LogP contribution in [0.3, 0.4) is 0 Å². The fourth-order valence-electron chi connectivity index (χ4n) is 2.99. The predicted molar refractivity (Wildman–Crippen MR) is 73.9 cm³/mol. The van der Waals surface area contributed by atoms with Crippen molar-refractivity contribution < 1.29 is 53.4 Å². The van der Waals surface area contributed by atoms with Crippen molar-refractivity contribution in [3.63, 3.8) is 0 Å². The summed E-state index contributed by atoms with van der Waals surface area (Å²) in [5.74, 6) is -35.8. The number of alkyl halides is 11. The highest BCUT2D eigenvalue weighted by molar-refractivity contribution is 5.35. The summed E-state index contributed by atoms with van der Waals surface area (Å²) in [5.41, 5.74) is -10.3. The number of halogens is 11. The third kappa shape index (κ3) is 2.57. The Kier molecular flexibility index (Phi) is 4.77. The van der Waals surface area contributed by atoms with Gasteiger partial charge in [-0.25, -0.2) is 4.39 Å². The van der Waals surface area contributed by atoms with Crippen molar-refractivity contribution in [2.75, 3.05) is 0 Å². The molecule has 1 aromatic rings. The molecule has 162 valence electrons. The van der Waals surface area contributed by atoms with E-state index in [4.69, 9.17) is 5.26 Å². The van der Waals surface area contributed by atoms with Crippen molar-refractivity contribution >= 4 is 0 Å². The number of rotatable bonds is 3. The zero-order valence-corrected chi connectivity index (χ0v) is 14.1. The molecule has 2 rings (SSSR count). The monoisotopic (exact) mass is 441 g/mol. The van der Waals surface area contributed by atoms with Crippen LogP contribution in [0.4, 0.5) is 48.3 Å². The summed E-state index contributed by atoms with van der Waals surface area (Å²) in [4.78, 5) is 0. The number of hydrogen-bond donors (Lipinski definition) is 1. The van der Waals surface area contributed by atoms with Crippen molar-refractivity contribution in [1.82, 2.24) is 0 Å². The van der Waals surface area contributed by atoms with Crippen LogP contribution in [0.5, 0.6) is 0 Å². The molecule has 1 unspecified atom stereocenters. The number of nitrogens with zero attached hydrogens (tertiary/aromatic N) is 1. The van der Waals surface area contributed by atoms with Gasteiger partial charge in [0.1, 0.15) is 0 Å². The van der Waals surface area contributed by atoms with Gasteiger partial charge in [0.2, 0.25) is 0 Å². The summed E-state index contributed by atoms with van der Waals surface area (Å²) >= 11 is 0. The molecule has 0 aromatic heterocycles. The minimum atomic E-state index is -7.30. The topological polar surface area (TPSA) is 44.0 Å². The third-order valence-electron chi connectivity index (χ3n) is 4.80. The van der Waals surface area contributed by atoms with Crippen molar-refractivity contribution in [3.05, 3.63) is 35.4 Å². The van der Waals surface area contributed by atoms with E-state index in [1.54, 1.807) is 6.07 Å². The van der Waals surface area contributed by atoms with Gasteiger partial charge in [-0.15, -0.1) is 0 Å². The van der Waals surface area contributed by atoms with E-state index >= 15 is 0 Å². The fraction of sp³-hybridized carbons (Fsp3) is 0.562. The van der Waals surface area contributed by atoms with E-state index in [-0.39, 0.29) is 5.56 Å². The number of hydrogen-bond acceptors (Lipinski definition) is 2. The van der Waals surface area contributed by atoms with Crippen LogP contribution in [0.1, 0.15) is 24.5 Å². The largest absolute Gasteiger partial charge is 0.385 e. The zero-order chi connectivity index (χ0) is 22.9. The van der Waals surface area contributed by atoms with Gasteiger partial charge in [-0.2, -0.15) is 49.2 Å². The van der Waals surface area contributed by atoms with Gasteiger partial charge in [0.15, 0.2) is 0 Å². The van der Waals surface area contributed by atoms with Crippen molar-refractivity contribution in [2.24, 2.45) is 0 Å². The summed E-state index contributed by atoms with van der Waals surface area (Å²) in [6, 6.07) is 4.81. The van der Waals surface area contributed by atoms with E-state index in [0.717, 1.165) is 24.3 Å². The van der Waals surface area contributed by atoms with Gasteiger partial charge in [0.25, 0.3) is 5.67 Å². The van der Waals surface area contributed by atoms with Crippen LogP contribution in [0, 0.1) is 11.3 Å². The molecule has 2 nitrogen and oxygen atoms in total. The zero-order valence-electron chi connectivity index (χ0n) is 14.1. The average molecular weight is 441 g/mol. The van der Waals surface area contributed by atoms with E-state index < -0.39 is 52.9 Å². The number of nitriles is 1. The van der Waals surface area contributed by atoms with Crippen molar-refractivity contribution in [3.8, 4) is 6.07 Å². The summed E-state index contributed by atoms with van der Waals surface area (Å²) in [6.07, 6.45) is -2.80. The van der Waals surface area contributed by atoms with Crippen LogP contribution >= 0.6 is 0 Å². The van der Waals surface area contributed by atoms with E-state index in [1.807, 2.05) is 0 Å². The highest BCUT2D eigenvalue weighted by Crippen LogP contribution is 2.71. The fourth-order valence-corrected chi connectivity index (χ4v) is 2.99. The van der Waals surface area contributed by atoms with Crippen LogP contribution in [0.15, 0.2) is 24.3 Å². The lowest BCUT2D eigenvalue weighted by Crippen LogP contribution is -2.84. The van der Waals surface area contributed by atoms with Gasteiger partial charge < -0.3 is 5.11 Å². The third-order valence-corrected chi connectivity index (χ3v) is 4.80. The van der Waals surface area contributed by atoms with Crippen molar-refractivity contribution in [2.45, 2.75) is 54.2 Å². The van der Waals surface area contributed by atoms with Crippen LogP contribution in [0.2, 0.25) is 0 Å². The molecule has 1 aliphatic rings. The first-order valence-electron chi connectivity index (χ1n) is 7.55. The van der Waals surface area contributed by atoms with Crippen molar-refractivity contribution in [1.29, 1.82) is 5.26 Å². The standard InChI is InChI=1S/C16H10F11NO/c1-10(29,9-4-2-8(6-28)3-5-9)7-11(17)12(18,19)14(22,23)16(26,27)15(24,25)13(11,20)21/h2-5,29H,7H2,1H3. The molecule has 0 aliphatic heterocycles. The maximum Gasteiger partial charge on any atom is 0.384 e. The second-order valence-electron chi connectivity index (χ2n) is 6.81. The highest BCUT2D eigenvalue weighted by Gasteiger charge is 3.01. The van der Waals surface area contributed by atoms with Gasteiger partial charge in [-0.3, -0.25) is 0 Å². The van der Waals surface area contributed by atoms with E-state index in [2.05, 4.69) is 0 Å². The normalized spacial score (nSPS) is 27.4. The SMILES string of the molecule is CC(O)(CC1(F)C(F)(F)C(F)(F)C(F)(F)C(F)(F)C1(F)F)c1ccc(C#N)cc1. The van der Waals surface area contributed by atoms with Gasteiger partial charge in [0.05, 0.1) is 17.2 Å². The molecule has 29 heavy (non-hydrogen) atoms. The lowest BCUT2D eigenvalue weighted by Gasteiger charge is -2.53. The van der Waals surface area contributed by atoms with E-state index in [0.29, 0.717) is 6.92 Å². The van der Waals surface area contributed by atoms with Crippen LogP contribution < -0.4 is 0 Å². The molecular formula is C16H10F11NO. The quantitative estimate of drug-likeness (QED) is 0.667. The summed E-state index contributed by atoms with van der Waals surface area (Å²) in [5, 5.41) is 18.8. The molecular weight excluding hydrogens is 431 g/mol. The number of aliphatic hydroxyl groups is 1. The molecule has 1 aliphatic carbocycles. The Morgan fingerprint density at radius 2 is 1.10 bits per heavy atom. The molecule has 1 saturated carbocycles. The molecule has 0 bridgehead atoms. The smallest absolute Gasteiger partial charge is 0.384 e. The first-order valence-corrected chi connectivity index (χ1v) is 7.55. The second kappa shape index (κ2) is 5.96. The van der Waals surface area contributed by atoms with Crippen LogP contribution in [0.25, 0.3) is 0 Å². The molecule has 13 heteroatoms. The highest BCUT2D eigenvalue weighted by atomic mass is 19.4. The molecule has 0 saturated heterocycles.